The number of nitrogens with one attached hydrogen (secondary N) is 3. The fourth-order valence-electron chi connectivity index (χ4n) is 4.99. The number of allylic oxidation sites excluding steroid dienone is 1. The van der Waals surface area contributed by atoms with Crippen LogP contribution in [0, 0.1) is 11.8 Å². The minimum Gasteiger partial charge on any atom is -0.457 e. The van der Waals surface area contributed by atoms with Gasteiger partial charge in [-0.15, -0.1) is 0 Å². The van der Waals surface area contributed by atoms with Crippen LogP contribution < -0.4 is 16.1 Å². The molecule has 2 aliphatic heterocycles. The van der Waals surface area contributed by atoms with Gasteiger partial charge in [0.15, 0.2) is 0 Å². The monoisotopic (exact) mass is 556 g/mol. The normalized spacial score (nSPS) is 30.4. The molecule has 4 bridgehead atoms. The Bertz CT molecular complexity index is 1090. The second-order valence-corrected chi connectivity index (χ2v) is 11.1. The van der Waals surface area contributed by atoms with E-state index in [0.29, 0.717) is 32.2 Å². The Morgan fingerprint density at radius 1 is 1.02 bits per heavy atom. The number of cyclic esters (lactones) is 1. The van der Waals surface area contributed by atoms with Crippen molar-refractivity contribution < 1.29 is 28.7 Å². The zero-order valence-electron chi connectivity index (χ0n) is 24.4. The summed E-state index contributed by atoms with van der Waals surface area (Å²) in [4.78, 5) is 52.5. The lowest BCUT2D eigenvalue weighted by atomic mass is 9.96. The number of esters is 1. The highest BCUT2D eigenvalue weighted by molar-refractivity contribution is 5.92. The van der Waals surface area contributed by atoms with Gasteiger partial charge in [0.1, 0.15) is 24.2 Å². The molecule has 0 unspecified atom stereocenters. The lowest BCUT2D eigenvalue weighted by Crippen LogP contribution is -2.61. The molecule has 6 atom stereocenters. The standard InChI is InChI=1S/C30H44N4O6/c1-18(2)26-28(36)31-20(4)29(37)34-16-10-14-24(33-34)30(38)40-21(5)23-13-9-12-22(17-23)11-7-8-15-25(39-6)19(3)27(35)32-26/h7,9,11-13,17-21,24-26,33H,8,10,14-16H2,1-6H3,(H,31,36)(H,32,35)/b11-7+/t19-,20+,21+,24+,25-,26+/m1/s1. The fraction of sp³-hybridized carbons (Fsp3) is 0.600. The average Bonchev–Trinajstić information content (AvgIpc) is 2.94. The average molecular weight is 557 g/mol. The van der Waals surface area contributed by atoms with E-state index in [4.69, 9.17) is 9.47 Å². The molecule has 220 valence electrons. The van der Waals surface area contributed by atoms with Gasteiger partial charge >= 0.3 is 5.97 Å². The summed E-state index contributed by atoms with van der Waals surface area (Å²) in [5.74, 6) is -2.24. The first-order chi connectivity index (χ1) is 19.0. The first-order valence-corrected chi connectivity index (χ1v) is 14.2. The molecule has 10 nitrogen and oxygen atoms in total. The molecule has 2 aliphatic rings. The smallest absolute Gasteiger partial charge is 0.325 e. The van der Waals surface area contributed by atoms with E-state index in [2.05, 4.69) is 16.1 Å². The van der Waals surface area contributed by atoms with Gasteiger partial charge in [-0.25, -0.2) is 5.43 Å². The lowest BCUT2D eigenvalue weighted by Gasteiger charge is -2.35. The number of benzene rings is 1. The molecule has 1 saturated heterocycles. The molecule has 3 rings (SSSR count). The molecule has 1 aromatic rings. The third kappa shape index (κ3) is 8.14. The van der Waals surface area contributed by atoms with Gasteiger partial charge in [0.05, 0.1) is 12.0 Å². The number of methoxy groups -OCH3 is 1. The first-order valence-electron chi connectivity index (χ1n) is 14.2. The van der Waals surface area contributed by atoms with Gasteiger partial charge in [0, 0.05) is 13.7 Å². The predicted molar refractivity (Wildman–Crippen MR) is 151 cm³/mol. The van der Waals surface area contributed by atoms with Crippen molar-refractivity contribution in [3.63, 3.8) is 0 Å². The van der Waals surface area contributed by atoms with Crippen LogP contribution >= 0.6 is 0 Å². The Labute approximate surface area is 237 Å². The van der Waals surface area contributed by atoms with Crippen molar-refractivity contribution in [2.75, 3.05) is 13.7 Å². The first kappa shape index (κ1) is 31.3. The van der Waals surface area contributed by atoms with Gasteiger partial charge in [-0.05, 0) is 62.6 Å². The zero-order chi connectivity index (χ0) is 29.4. The van der Waals surface area contributed by atoms with E-state index >= 15 is 0 Å². The number of carbonyl (C=O) groups is 4. The van der Waals surface area contributed by atoms with Gasteiger partial charge in [0.25, 0.3) is 5.91 Å². The number of fused-ring (bicyclic) bond motifs is 4. The third-order valence-corrected chi connectivity index (χ3v) is 7.59. The largest absolute Gasteiger partial charge is 0.457 e. The molecule has 0 radical (unpaired) electrons. The van der Waals surface area contributed by atoms with Gasteiger partial charge in [-0.2, -0.15) is 0 Å². The van der Waals surface area contributed by atoms with Gasteiger partial charge < -0.3 is 20.1 Å². The minimum atomic E-state index is -0.872. The predicted octanol–water partition coefficient (Wildman–Crippen LogP) is 2.89. The Morgan fingerprint density at radius 3 is 2.48 bits per heavy atom. The van der Waals surface area contributed by atoms with E-state index < -0.39 is 42.0 Å². The van der Waals surface area contributed by atoms with Crippen LogP contribution in [0.5, 0.6) is 0 Å². The second kappa shape index (κ2) is 14.4. The van der Waals surface area contributed by atoms with Gasteiger partial charge in [-0.3, -0.25) is 24.2 Å². The van der Waals surface area contributed by atoms with E-state index in [9.17, 15) is 19.2 Å². The maximum atomic E-state index is 13.2. The number of rotatable bonds is 2. The molecular weight excluding hydrogens is 512 g/mol. The quantitative estimate of drug-likeness (QED) is 0.478. The second-order valence-electron chi connectivity index (χ2n) is 11.1. The molecule has 10 heteroatoms. The number of hydrogen-bond donors (Lipinski definition) is 3. The molecule has 3 amide bonds. The molecule has 1 fully saturated rings. The van der Waals surface area contributed by atoms with E-state index in [1.54, 1.807) is 21.0 Å². The number of carbonyl (C=O) groups excluding carboxylic acids is 4. The highest BCUT2D eigenvalue weighted by atomic mass is 16.5. The highest BCUT2D eigenvalue weighted by Gasteiger charge is 2.34. The molecule has 0 spiro atoms. The molecule has 0 aromatic heterocycles. The lowest BCUT2D eigenvalue weighted by molar-refractivity contribution is -0.157. The third-order valence-electron chi connectivity index (χ3n) is 7.59. The van der Waals surface area contributed by atoms with Crippen molar-refractivity contribution in [3.05, 3.63) is 41.5 Å². The summed E-state index contributed by atoms with van der Waals surface area (Å²) in [7, 11) is 1.58. The van der Waals surface area contributed by atoms with E-state index in [0.717, 1.165) is 11.1 Å². The number of ether oxygens (including phenoxy) is 2. The molecule has 40 heavy (non-hydrogen) atoms. The zero-order valence-corrected chi connectivity index (χ0v) is 24.4. The molecular formula is C30H44N4O6. The Hall–Kier alpha value is -3.24. The van der Waals surface area contributed by atoms with Crippen molar-refractivity contribution in [2.24, 2.45) is 11.8 Å². The maximum Gasteiger partial charge on any atom is 0.325 e. The van der Waals surface area contributed by atoms with Crippen LogP contribution in [0.15, 0.2) is 30.3 Å². The van der Waals surface area contributed by atoms with Gasteiger partial charge in [0.2, 0.25) is 11.8 Å². The molecule has 1 aromatic carbocycles. The van der Waals surface area contributed by atoms with Crippen LogP contribution in [0.4, 0.5) is 0 Å². The van der Waals surface area contributed by atoms with Crippen LogP contribution in [0.3, 0.4) is 0 Å². The van der Waals surface area contributed by atoms with Crippen molar-refractivity contribution in [1.29, 1.82) is 0 Å². The highest BCUT2D eigenvalue weighted by Crippen LogP contribution is 2.22. The van der Waals surface area contributed by atoms with E-state index in [-0.39, 0.29) is 23.8 Å². The Morgan fingerprint density at radius 2 is 1.77 bits per heavy atom. The summed E-state index contributed by atoms with van der Waals surface area (Å²) in [6.07, 6.45) is 5.64. The van der Waals surface area contributed by atoms with Crippen LogP contribution in [0.25, 0.3) is 6.08 Å². The fourth-order valence-corrected chi connectivity index (χ4v) is 4.99. The number of hydrogen-bond acceptors (Lipinski definition) is 7. The van der Waals surface area contributed by atoms with Crippen LogP contribution in [0.1, 0.15) is 77.5 Å². The molecule has 2 heterocycles. The number of hydrazine groups is 1. The van der Waals surface area contributed by atoms with E-state index in [1.165, 1.54) is 5.01 Å². The van der Waals surface area contributed by atoms with Crippen LogP contribution in [-0.2, 0) is 28.7 Å². The Balaban J connectivity index is 1.87. The topological polar surface area (TPSA) is 126 Å². The van der Waals surface area contributed by atoms with Crippen molar-refractivity contribution in [3.8, 4) is 0 Å². The number of nitrogens with zero attached hydrogens (tertiary/aromatic N) is 1. The van der Waals surface area contributed by atoms with Crippen molar-refractivity contribution in [1.82, 2.24) is 21.1 Å². The van der Waals surface area contributed by atoms with Crippen molar-refractivity contribution in [2.45, 2.75) is 90.6 Å². The summed E-state index contributed by atoms with van der Waals surface area (Å²) < 4.78 is 11.4. The summed E-state index contributed by atoms with van der Waals surface area (Å²) in [6.45, 7) is 9.27. The van der Waals surface area contributed by atoms with Crippen molar-refractivity contribution >= 4 is 29.8 Å². The maximum absolute atomic E-state index is 13.2. The molecule has 3 N–H and O–H groups in total. The summed E-state index contributed by atoms with van der Waals surface area (Å²) in [5.41, 5.74) is 4.81. The summed E-state index contributed by atoms with van der Waals surface area (Å²) in [5, 5.41) is 6.97. The summed E-state index contributed by atoms with van der Waals surface area (Å²) >= 11 is 0. The minimum absolute atomic E-state index is 0.210. The van der Waals surface area contributed by atoms with E-state index in [1.807, 2.05) is 57.2 Å². The SMILES string of the molecule is CO[C@@H]1CC/C=C/c2cccc(c2)[C@H](C)OC(=O)[C@@H]2CCCN(N2)C(=O)[C@H](C)NC(=O)[C@H](C(C)C)NC(=O)[C@@H]1C. The molecule has 0 saturated carbocycles. The molecule has 0 aliphatic carbocycles. The summed E-state index contributed by atoms with van der Waals surface area (Å²) in [6, 6.07) is 5.40. The number of amides is 3. The Kier molecular flexibility index (Phi) is 11.3. The van der Waals surface area contributed by atoms with Gasteiger partial charge in [-0.1, -0.05) is 51.1 Å². The van der Waals surface area contributed by atoms with Crippen LogP contribution in [0.2, 0.25) is 0 Å². The van der Waals surface area contributed by atoms with Crippen LogP contribution in [-0.4, -0.2) is 66.6 Å².